The van der Waals surface area contributed by atoms with E-state index >= 15 is 0 Å². The summed E-state index contributed by atoms with van der Waals surface area (Å²) in [6.45, 7) is 3.18. The fraction of sp³-hybridized carbons (Fsp3) is 0.909. The number of aliphatic hydroxyl groups excluding tert-OH is 4. The lowest BCUT2D eigenvalue weighted by molar-refractivity contribution is -0.131. The molecule has 0 radical (unpaired) electrons. The molecule has 1 unspecified atom stereocenters. The van der Waals surface area contributed by atoms with Gasteiger partial charge in [0, 0.05) is 26.2 Å². The number of carbonyl (C=O) groups is 1. The zero-order valence-electron chi connectivity index (χ0n) is 11.3. The summed E-state index contributed by atoms with van der Waals surface area (Å²) in [5.41, 5.74) is 0. The summed E-state index contributed by atoms with van der Waals surface area (Å²) in [5, 5.41) is 35.6. The first-order chi connectivity index (χ1) is 9.04. The maximum atomic E-state index is 11.2. The molecule has 0 fully saturated rings. The Morgan fingerprint density at radius 3 is 1.74 bits per heavy atom. The second kappa shape index (κ2) is 15.6. The number of hydrogen-bond acceptors (Lipinski definition) is 6. The number of nitrogens with zero attached hydrogens (tertiary/aromatic N) is 1. The molecule has 0 heterocycles. The van der Waals surface area contributed by atoms with Crippen molar-refractivity contribution in [2.24, 2.45) is 0 Å². The smallest absolute Gasteiger partial charge is 0.240 e. The molecule has 0 aromatic rings. The van der Waals surface area contributed by atoms with Crippen molar-refractivity contribution in [3.63, 3.8) is 0 Å². The highest BCUT2D eigenvalue weighted by atomic mass is 35.5. The lowest BCUT2D eigenvalue weighted by atomic mass is 10.3. The first kappa shape index (κ1) is 20.9. The van der Waals surface area contributed by atoms with E-state index in [0.717, 1.165) is 0 Å². The van der Waals surface area contributed by atoms with Crippen LogP contribution in [0.1, 0.15) is 6.92 Å². The summed E-state index contributed by atoms with van der Waals surface area (Å²) in [6.07, 6.45) is 0. The fourth-order valence-electron chi connectivity index (χ4n) is 1.11. The summed E-state index contributed by atoms with van der Waals surface area (Å²) in [4.78, 5) is 12.5. The van der Waals surface area contributed by atoms with E-state index in [1.54, 1.807) is 6.92 Å². The molecule has 8 heteroatoms. The molecule has 0 bridgehead atoms. The number of hydrogen-bond donors (Lipinski definition) is 5. The van der Waals surface area contributed by atoms with E-state index in [-0.39, 0.29) is 45.4 Å². The summed E-state index contributed by atoms with van der Waals surface area (Å²) in [6, 6.07) is 0. The summed E-state index contributed by atoms with van der Waals surface area (Å²) in [7, 11) is 0. The molecule has 7 nitrogen and oxygen atoms in total. The Kier molecular flexibility index (Phi) is 17.2. The topological polar surface area (TPSA) is 113 Å². The lowest BCUT2D eigenvalue weighted by Gasteiger charge is -2.21. The Morgan fingerprint density at radius 2 is 1.47 bits per heavy atom. The van der Waals surface area contributed by atoms with E-state index in [2.05, 4.69) is 5.32 Å². The van der Waals surface area contributed by atoms with Gasteiger partial charge < -0.3 is 30.6 Å². The first-order valence-electron chi connectivity index (χ1n) is 6.12. The van der Waals surface area contributed by atoms with Crippen LogP contribution < -0.4 is 5.32 Å². The molecule has 5 N–H and O–H groups in total. The molecule has 0 aliphatic carbocycles. The minimum atomic E-state index is -0.608. The Balaban J connectivity index is 0. The first-order valence-corrected chi connectivity index (χ1v) is 6.55. The van der Waals surface area contributed by atoms with Gasteiger partial charge in [0.15, 0.2) is 0 Å². The van der Waals surface area contributed by atoms with Gasteiger partial charge in [0.1, 0.15) is 5.38 Å². The van der Waals surface area contributed by atoms with Crippen molar-refractivity contribution < 1.29 is 25.2 Å². The maximum Gasteiger partial charge on any atom is 0.240 e. The second-order valence-electron chi connectivity index (χ2n) is 3.59. The van der Waals surface area contributed by atoms with Crippen LogP contribution in [0.4, 0.5) is 0 Å². The Morgan fingerprint density at radius 1 is 1.05 bits per heavy atom. The molecule has 0 aliphatic heterocycles. The van der Waals surface area contributed by atoms with E-state index < -0.39 is 5.38 Å². The molecule has 0 saturated heterocycles. The molecule has 0 saturated carbocycles. The predicted octanol–water partition coefficient (Wildman–Crippen LogP) is -2.01. The predicted molar refractivity (Wildman–Crippen MR) is 73.1 cm³/mol. The van der Waals surface area contributed by atoms with Crippen molar-refractivity contribution >= 4 is 17.5 Å². The van der Waals surface area contributed by atoms with Crippen molar-refractivity contribution in [1.29, 1.82) is 0 Å². The zero-order chi connectivity index (χ0) is 15.1. The van der Waals surface area contributed by atoms with Crippen LogP contribution >= 0.6 is 11.6 Å². The minimum absolute atomic E-state index is 0.116. The van der Waals surface area contributed by atoms with Crippen LogP contribution in [-0.2, 0) is 4.79 Å². The van der Waals surface area contributed by atoms with Crippen molar-refractivity contribution in [2.75, 3.05) is 52.6 Å². The Bertz CT molecular complexity index is 198. The van der Waals surface area contributed by atoms with Crippen molar-refractivity contribution in [1.82, 2.24) is 10.2 Å². The highest BCUT2D eigenvalue weighted by Gasteiger charge is 2.16. The van der Waals surface area contributed by atoms with Crippen molar-refractivity contribution in [2.45, 2.75) is 12.3 Å². The van der Waals surface area contributed by atoms with E-state index in [9.17, 15) is 4.79 Å². The number of halogens is 1. The Hall–Kier alpha value is -0.440. The average molecular weight is 301 g/mol. The van der Waals surface area contributed by atoms with Crippen LogP contribution in [0, 0.1) is 0 Å². The van der Waals surface area contributed by atoms with Gasteiger partial charge in [0.05, 0.1) is 26.4 Å². The van der Waals surface area contributed by atoms with Gasteiger partial charge >= 0.3 is 0 Å². The van der Waals surface area contributed by atoms with E-state index in [1.165, 1.54) is 4.90 Å². The molecular formula is C11H25ClN2O5. The third kappa shape index (κ3) is 13.8. The molecule has 0 aromatic carbocycles. The number of nitrogens with one attached hydrogen (secondary N) is 1. The van der Waals surface area contributed by atoms with E-state index in [1.807, 2.05) is 0 Å². The van der Waals surface area contributed by atoms with Crippen LogP contribution in [0.3, 0.4) is 0 Å². The van der Waals surface area contributed by atoms with Crippen molar-refractivity contribution in [3.8, 4) is 0 Å². The third-order valence-corrected chi connectivity index (χ3v) is 2.16. The van der Waals surface area contributed by atoms with Crippen LogP contribution in [0.5, 0.6) is 0 Å². The van der Waals surface area contributed by atoms with E-state index in [0.29, 0.717) is 13.1 Å². The lowest BCUT2D eigenvalue weighted by Crippen LogP contribution is -2.39. The number of aliphatic hydroxyl groups is 4. The normalized spacial score (nSPS) is 11.5. The van der Waals surface area contributed by atoms with Gasteiger partial charge in [-0.2, -0.15) is 0 Å². The summed E-state index contributed by atoms with van der Waals surface area (Å²) in [5.74, 6) is -0.264. The van der Waals surface area contributed by atoms with Crippen LogP contribution in [0.2, 0.25) is 0 Å². The maximum absolute atomic E-state index is 11.2. The van der Waals surface area contributed by atoms with Gasteiger partial charge in [0.25, 0.3) is 0 Å². The SMILES string of the molecule is CC(Cl)C(=O)N(CCO)CCO.OCCNCCO. The largest absolute Gasteiger partial charge is 0.395 e. The highest BCUT2D eigenvalue weighted by molar-refractivity contribution is 6.30. The van der Waals surface area contributed by atoms with Gasteiger partial charge in [-0.3, -0.25) is 4.79 Å². The summed E-state index contributed by atoms with van der Waals surface area (Å²) < 4.78 is 0. The molecule has 1 amide bonds. The van der Waals surface area contributed by atoms with Gasteiger partial charge in [-0.1, -0.05) is 0 Å². The third-order valence-electron chi connectivity index (χ3n) is 1.97. The molecule has 0 spiro atoms. The zero-order valence-corrected chi connectivity index (χ0v) is 12.0. The number of carbonyl (C=O) groups excluding carboxylic acids is 1. The number of amides is 1. The molecule has 19 heavy (non-hydrogen) atoms. The second-order valence-corrected chi connectivity index (χ2v) is 4.24. The van der Waals surface area contributed by atoms with Crippen molar-refractivity contribution in [3.05, 3.63) is 0 Å². The minimum Gasteiger partial charge on any atom is -0.395 e. The van der Waals surface area contributed by atoms with Gasteiger partial charge in [-0.15, -0.1) is 11.6 Å². The standard InChI is InChI=1S/C7H14ClNO3.C4H11NO2/c1-6(8)7(12)9(2-4-10)3-5-11;6-3-1-5-2-4-7/h6,10-11H,2-5H2,1H3;5-7H,1-4H2. The number of rotatable bonds is 9. The van der Waals surface area contributed by atoms with Crippen LogP contribution in [0.25, 0.3) is 0 Å². The molecule has 0 aliphatic rings. The van der Waals surface area contributed by atoms with Gasteiger partial charge in [-0.25, -0.2) is 0 Å². The van der Waals surface area contributed by atoms with Crippen LogP contribution in [-0.4, -0.2) is 89.2 Å². The molecule has 1 atom stereocenters. The monoisotopic (exact) mass is 300 g/mol. The van der Waals surface area contributed by atoms with Gasteiger partial charge in [-0.05, 0) is 6.92 Å². The quantitative estimate of drug-likeness (QED) is 0.248. The summed E-state index contributed by atoms with van der Waals surface area (Å²) >= 11 is 5.54. The number of alkyl halides is 1. The fourth-order valence-corrected chi connectivity index (χ4v) is 1.25. The van der Waals surface area contributed by atoms with Crippen LogP contribution in [0.15, 0.2) is 0 Å². The molecule has 0 aromatic heterocycles. The van der Waals surface area contributed by atoms with E-state index in [4.69, 9.17) is 32.0 Å². The Labute approximate surface area is 118 Å². The molecular weight excluding hydrogens is 276 g/mol. The average Bonchev–Trinajstić information content (AvgIpc) is 2.39. The van der Waals surface area contributed by atoms with Gasteiger partial charge in [0.2, 0.25) is 5.91 Å². The molecule has 0 rings (SSSR count). The highest BCUT2D eigenvalue weighted by Crippen LogP contribution is 2.00. The molecule has 116 valence electrons.